The fourth-order valence-electron chi connectivity index (χ4n) is 3.20. The number of aromatic amines is 1. The van der Waals surface area contributed by atoms with Gasteiger partial charge in [0.2, 0.25) is 15.8 Å². The Morgan fingerprint density at radius 2 is 2.04 bits per heavy atom. The number of piperidine rings is 1. The van der Waals surface area contributed by atoms with Crippen molar-refractivity contribution in [1.29, 1.82) is 0 Å². The quantitative estimate of drug-likeness (QED) is 0.703. The van der Waals surface area contributed by atoms with E-state index in [0.717, 1.165) is 31.6 Å². The van der Waals surface area contributed by atoms with Crippen molar-refractivity contribution in [3.8, 4) is 11.4 Å². The molecule has 1 saturated heterocycles. The van der Waals surface area contributed by atoms with Gasteiger partial charge in [-0.2, -0.15) is 5.21 Å². The second-order valence-electron chi connectivity index (χ2n) is 6.05. The van der Waals surface area contributed by atoms with E-state index >= 15 is 0 Å². The molecule has 1 aliphatic rings. The number of H-pyrrole nitrogens is 1. The zero-order valence-electron chi connectivity index (χ0n) is 13.4. The number of nitrogens with two attached hydrogens (primary N) is 2. The number of nitrogens with one attached hydrogen (secondary N) is 1. The monoisotopic (exact) mass is 351 g/mol. The van der Waals surface area contributed by atoms with Crippen LogP contribution in [0.25, 0.3) is 11.4 Å². The number of tetrazole rings is 1. The van der Waals surface area contributed by atoms with Gasteiger partial charge < -0.3 is 10.6 Å². The fourth-order valence-corrected chi connectivity index (χ4v) is 4.20. The zero-order chi connectivity index (χ0) is 17.3. The van der Waals surface area contributed by atoms with Crippen LogP contribution in [-0.2, 0) is 10.0 Å². The van der Waals surface area contributed by atoms with Gasteiger partial charge >= 0.3 is 0 Å². The van der Waals surface area contributed by atoms with Crippen LogP contribution in [0.5, 0.6) is 0 Å². The molecule has 2 aromatic rings. The third-order valence-corrected chi connectivity index (χ3v) is 5.57. The maximum absolute atomic E-state index is 12.2. The molecule has 130 valence electrons. The summed E-state index contributed by atoms with van der Waals surface area (Å²) in [4.78, 5) is 2.17. The summed E-state index contributed by atoms with van der Waals surface area (Å²) in [6.07, 6.45) is 1.92. The highest BCUT2D eigenvalue weighted by Gasteiger charge is 2.28. The largest absolute Gasteiger partial charge is 0.371 e. The average Bonchev–Trinajstić information content (AvgIpc) is 3.07. The number of nitrogens with zero attached hydrogens (tertiary/aromatic N) is 4. The maximum atomic E-state index is 12.2. The van der Waals surface area contributed by atoms with Gasteiger partial charge in [-0.05, 0) is 49.1 Å². The lowest BCUT2D eigenvalue weighted by Gasteiger charge is -2.34. The van der Waals surface area contributed by atoms with Crippen molar-refractivity contribution in [3.63, 3.8) is 0 Å². The predicted molar refractivity (Wildman–Crippen MR) is 89.7 cm³/mol. The van der Waals surface area contributed by atoms with Gasteiger partial charge in [-0.1, -0.05) is 6.07 Å². The van der Waals surface area contributed by atoms with Gasteiger partial charge in [-0.15, -0.1) is 10.2 Å². The highest BCUT2D eigenvalue weighted by Crippen LogP contribution is 2.37. The predicted octanol–water partition coefficient (Wildman–Crippen LogP) is -0.00238. The molecule has 10 heteroatoms. The number of aromatic nitrogens is 4. The Kier molecular flexibility index (Phi) is 4.52. The van der Waals surface area contributed by atoms with Gasteiger partial charge in [-0.25, -0.2) is 13.6 Å². The van der Waals surface area contributed by atoms with E-state index in [-0.39, 0.29) is 10.7 Å². The van der Waals surface area contributed by atoms with E-state index < -0.39 is 10.0 Å². The molecule has 1 aromatic heterocycles. The summed E-state index contributed by atoms with van der Waals surface area (Å²) in [5, 5.41) is 19.3. The molecule has 24 heavy (non-hydrogen) atoms. The highest BCUT2D eigenvalue weighted by molar-refractivity contribution is 7.89. The third kappa shape index (κ3) is 3.12. The van der Waals surface area contributed by atoms with E-state index in [2.05, 4.69) is 25.5 Å². The fraction of sp³-hybridized carbons (Fsp3) is 0.500. The summed E-state index contributed by atoms with van der Waals surface area (Å²) >= 11 is 0. The molecule has 0 unspecified atom stereocenters. The van der Waals surface area contributed by atoms with Crippen molar-refractivity contribution >= 4 is 15.7 Å². The molecule has 0 saturated carbocycles. The van der Waals surface area contributed by atoms with Crippen LogP contribution in [0.1, 0.15) is 18.4 Å². The second kappa shape index (κ2) is 6.46. The van der Waals surface area contributed by atoms with Crippen LogP contribution in [0.3, 0.4) is 0 Å². The van der Waals surface area contributed by atoms with E-state index in [1.54, 1.807) is 13.0 Å². The highest BCUT2D eigenvalue weighted by atomic mass is 32.2. The van der Waals surface area contributed by atoms with Crippen LogP contribution in [0.2, 0.25) is 0 Å². The zero-order valence-corrected chi connectivity index (χ0v) is 14.3. The first kappa shape index (κ1) is 16.8. The molecule has 2 heterocycles. The van der Waals surface area contributed by atoms with E-state index in [1.807, 2.05) is 6.07 Å². The Balaban J connectivity index is 2.14. The minimum absolute atomic E-state index is 0.0438. The molecule has 1 aromatic carbocycles. The first-order valence-corrected chi connectivity index (χ1v) is 9.31. The van der Waals surface area contributed by atoms with Gasteiger partial charge in [0.25, 0.3) is 0 Å². The molecule has 0 bridgehead atoms. The lowest BCUT2D eigenvalue weighted by molar-refractivity contribution is 0.414. The Morgan fingerprint density at radius 1 is 1.33 bits per heavy atom. The van der Waals surface area contributed by atoms with Gasteiger partial charge in [-0.3, -0.25) is 0 Å². The average molecular weight is 351 g/mol. The minimum atomic E-state index is -3.94. The van der Waals surface area contributed by atoms with Crippen LogP contribution in [0, 0.1) is 12.8 Å². The van der Waals surface area contributed by atoms with Crippen molar-refractivity contribution in [2.45, 2.75) is 24.7 Å². The summed E-state index contributed by atoms with van der Waals surface area (Å²) in [6, 6.07) is 3.64. The van der Waals surface area contributed by atoms with Gasteiger partial charge in [0, 0.05) is 18.8 Å². The molecule has 5 N–H and O–H groups in total. The Labute approximate surface area is 140 Å². The van der Waals surface area contributed by atoms with Crippen molar-refractivity contribution in [1.82, 2.24) is 20.6 Å². The summed E-state index contributed by atoms with van der Waals surface area (Å²) in [7, 11) is -3.94. The summed E-state index contributed by atoms with van der Waals surface area (Å²) < 4.78 is 24.3. The van der Waals surface area contributed by atoms with Crippen molar-refractivity contribution in [3.05, 3.63) is 17.7 Å². The summed E-state index contributed by atoms with van der Waals surface area (Å²) in [5.41, 5.74) is 7.45. The first-order valence-electron chi connectivity index (χ1n) is 7.77. The number of sulfonamides is 1. The molecule has 9 nitrogen and oxygen atoms in total. The van der Waals surface area contributed by atoms with E-state index in [0.29, 0.717) is 23.6 Å². The number of hydrogen-bond acceptors (Lipinski definition) is 7. The van der Waals surface area contributed by atoms with Gasteiger partial charge in [0.1, 0.15) is 0 Å². The Bertz CT molecular complexity index is 812. The van der Waals surface area contributed by atoms with Crippen LogP contribution in [-0.4, -0.2) is 48.7 Å². The van der Waals surface area contributed by atoms with Crippen molar-refractivity contribution in [2.24, 2.45) is 16.8 Å². The van der Waals surface area contributed by atoms with Crippen molar-refractivity contribution in [2.75, 3.05) is 24.5 Å². The molecule has 1 fully saturated rings. The van der Waals surface area contributed by atoms with Crippen LogP contribution in [0.4, 0.5) is 5.69 Å². The standard InChI is InChI=1S/C14H21N7O2S/c1-9-2-3-11(21-6-4-10(8-15)5-7-21)12(13(9)24(16,22)23)14-17-19-20-18-14/h2-3,10H,4-8,15H2,1H3,(H2,16,22,23)(H,17,18,19,20). The smallest absolute Gasteiger partial charge is 0.239 e. The Morgan fingerprint density at radius 3 is 2.58 bits per heavy atom. The third-order valence-electron chi connectivity index (χ3n) is 4.47. The lowest BCUT2D eigenvalue weighted by atomic mass is 9.96. The first-order chi connectivity index (χ1) is 11.4. The topological polar surface area (TPSA) is 144 Å². The summed E-state index contributed by atoms with van der Waals surface area (Å²) in [6.45, 7) is 3.95. The number of rotatable bonds is 4. The summed E-state index contributed by atoms with van der Waals surface area (Å²) in [5.74, 6) is 0.719. The van der Waals surface area contributed by atoms with Crippen molar-refractivity contribution < 1.29 is 8.42 Å². The van der Waals surface area contributed by atoms with E-state index in [4.69, 9.17) is 10.9 Å². The maximum Gasteiger partial charge on any atom is 0.239 e. The molecule has 1 aliphatic heterocycles. The molecular weight excluding hydrogens is 330 g/mol. The van der Waals surface area contributed by atoms with Crippen LogP contribution < -0.4 is 15.8 Å². The number of primary sulfonamides is 1. The van der Waals surface area contributed by atoms with E-state index in [9.17, 15) is 8.42 Å². The lowest BCUT2D eigenvalue weighted by Crippen LogP contribution is -2.36. The van der Waals surface area contributed by atoms with Crippen LogP contribution in [0.15, 0.2) is 17.0 Å². The number of benzene rings is 1. The molecule has 0 amide bonds. The van der Waals surface area contributed by atoms with Gasteiger partial charge in [0.15, 0.2) is 0 Å². The van der Waals surface area contributed by atoms with E-state index in [1.165, 1.54) is 0 Å². The molecule has 0 atom stereocenters. The van der Waals surface area contributed by atoms with Crippen LogP contribution >= 0.6 is 0 Å². The second-order valence-corrected chi connectivity index (χ2v) is 7.55. The number of aryl methyl sites for hydroxylation is 1. The SMILES string of the molecule is Cc1ccc(N2CCC(CN)CC2)c(-c2nn[nH]n2)c1S(N)(=O)=O. The molecule has 0 radical (unpaired) electrons. The molecule has 0 spiro atoms. The number of hydrogen-bond donors (Lipinski definition) is 3. The van der Waals surface area contributed by atoms with Gasteiger partial charge in [0.05, 0.1) is 10.5 Å². The molecule has 3 rings (SSSR count). The normalized spacial score (nSPS) is 16.5. The molecule has 0 aliphatic carbocycles. The Hall–Kier alpha value is -2.04. The minimum Gasteiger partial charge on any atom is -0.371 e. The number of anilines is 1. The molecular formula is C14H21N7O2S.